The van der Waals surface area contributed by atoms with Crippen molar-refractivity contribution in [2.24, 2.45) is 5.73 Å². The number of amides is 2. The molecule has 0 spiro atoms. The van der Waals surface area contributed by atoms with E-state index in [2.05, 4.69) is 4.98 Å². The van der Waals surface area contributed by atoms with Crippen LogP contribution in [0.2, 0.25) is 0 Å². The van der Waals surface area contributed by atoms with Crippen LogP contribution in [0.1, 0.15) is 44.2 Å². The zero-order valence-corrected chi connectivity index (χ0v) is 19.3. The number of halogens is 3. The number of aliphatic hydroxyl groups is 1. The number of hydrogen-bond acceptors (Lipinski definition) is 6. The molecule has 0 radical (unpaired) electrons. The molecule has 0 aliphatic carbocycles. The summed E-state index contributed by atoms with van der Waals surface area (Å²) in [6.45, 7) is 2.09. The van der Waals surface area contributed by atoms with Crippen LogP contribution >= 0.6 is 0 Å². The predicted octanol–water partition coefficient (Wildman–Crippen LogP) is 3.69. The first kappa shape index (κ1) is 25.0. The number of nitrogens with two attached hydrogens (primary N) is 1. The van der Waals surface area contributed by atoms with Gasteiger partial charge < -0.3 is 35.3 Å². The number of likely N-dealkylation sites (tertiary alicyclic amines) is 1. The van der Waals surface area contributed by atoms with Crippen LogP contribution in [0.15, 0.2) is 34.9 Å². The number of hydrogen-bond donors (Lipinski definition) is 4. The van der Waals surface area contributed by atoms with E-state index in [1.807, 2.05) is 0 Å². The number of furan rings is 1. The number of aromatic nitrogens is 1. The standard InChI is InChI=1S/C24H23F3N4O5/c1-12-16(22(33)31-8-6-23(34,11-31)24(25,26)27)10-30-20(12)17(5-7-28)36-14-3-4-15-18(9-14)35-13(2)19(15)21(29)32/h3-5,7,9-10,28,30,34H,6,8,11H2,1-2H3,(H2,29,32)/b17-5+,28-7?. The summed E-state index contributed by atoms with van der Waals surface area (Å²) >= 11 is 0. The first-order chi connectivity index (χ1) is 16.9. The van der Waals surface area contributed by atoms with Gasteiger partial charge >= 0.3 is 6.18 Å². The van der Waals surface area contributed by atoms with Gasteiger partial charge in [0.25, 0.3) is 11.8 Å². The molecule has 1 aromatic carbocycles. The average molecular weight is 504 g/mol. The first-order valence-corrected chi connectivity index (χ1v) is 10.8. The second kappa shape index (κ2) is 8.86. The number of alkyl halides is 3. The normalized spacial score (nSPS) is 18.6. The lowest BCUT2D eigenvalue weighted by Crippen LogP contribution is -2.48. The third-order valence-corrected chi connectivity index (χ3v) is 6.23. The number of aromatic amines is 1. The molecule has 1 aliphatic heterocycles. The molecular formula is C24H23F3N4O5. The number of carbonyl (C=O) groups is 2. The van der Waals surface area contributed by atoms with Gasteiger partial charge in [-0.2, -0.15) is 13.2 Å². The molecule has 1 fully saturated rings. The Morgan fingerprint density at radius 3 is 2.67 bits per heavy atom. The topological polar surface area (TPSA) is 146 Å². The van der Waals surface area contributed by atoms with E-state index in [4.69, 9.17) is 20.3 Å². The summed E-state index contributed by atoms with van der Waals surface area (Å²) in [6.07, 6.45) is -1.80. The fraction of sp³-hybridized carbons (Fsp3) is 0.292. The Kier molecular flexibility index (Phi) is 6.17. The lowest BCUT2D eigenvalue weighted by atomic mass is 10.0. The van der Waals surface area contributed by atoms with Crippen molar-refractivity contribution in [2.45, 2.75) is 32.0 Å². The van der Waals surface area contributed by atoms with Crippen LogP contribution in [-0.2, 0) is 0 Å². The maximum atomic E-state index is 13.2. The van der Waals surface area contributed by atoms with Crippen LogP contribution in [0, 0.1) is 19.3 Å². The third kappa shape index (κ3) is 4.24. The first-order valence-electron chi connectivity index (χ1n) is 10.8. The van der Waals surface area contributed by atoms with Crippen LogP contribution < -0.4 is 10.5 Å². The molecule has 1 atom stereocenters. The zero-order chi connectivity index (χ0) is 26.4. The number of rotatable bonds is 6. The Morgan fingerprint density at radius 2 is 2.06 bits per heavy atom. The number of carbonyl (C=O) groups excluding carboxylic acids is 2. The second-order valence-electron chi connectivity index (χ2n) is 8.56. The van der Waals surface area contributed by atoms with Gasteiger partial charge in [0.15, 0.2) is 11.4 Å². The quantitative estimate of drug-likeness (QED) is 0.299. The van der Waals surface area contributed by atoms with Gasteiger partial charge in [-0.25, -0.2) is 0 Å². The summed E-state index contributed by atoms with van der Waals surface area (Å²) < 4.78 is 51.0. The van der Waals surface area contributed by atoms with Gasteiger partial charge in [-0.15, -0.1) is 0 Å². The molecule has 1 saturated heterocycles. The molecule has 4 rings (SSSR count). The number of allylic oxidation sites excluding steroid dienone is 1. The fourth-order valence-electron chi connectivity index (χ4n) is 4.28. The molecule has 0 bridgehead atoms. The second-order valence-corrected chi connectivity index (χ2v) is 8.56. The lowest BCUT2D eigenvalue weighted by molar-refractivity contribution is -0.253. The van der Waals surface area contributed by atoms with E-state index < -0.39 is 36.6 Å². The monoisotopic (exact) mass is 504 g/mol. The van der Waals surface area contributed by atoms with E-state index in [9.17, 15) is 27.9 Å². The maximum absolute atomic E-state index is 13.2. The summed E-state index contributed by atoms with van der Waals surface area (Å²) in [7, 11) is 0. The highest BCUT2D eigenvalue weighted by molar-refractivity contribution is 6.06. The van der Waals surface area contributed by atoms with Crippen molar-refractivity contribution in [1.29, 1.82) is 5.41 Å². The predicted molar refractivity (Wildman–Crippen MR) is 124 cm³/mol. The van der Waals surface area contributed by atoms with Gasteiger partial charge in [-0.05, 0) is 31.5 Å². The zero-order valence-electron chi connectivity index (χ0n) is 19.3. The molecule has 3 aromatic rings. The number of nitrogens with zero attached hydrogens (tertiary/aromatic N) is 1. The minimum absolute atomic E-state index is 0.110. The molecule has 2 aromatic heterocycles. The molecular weight excluding hydrogens is 481 g/mol. The Hall–Kier alpha value is -4.06. The van der Waals surface area contributed by atoms with Gasteiger partial charge in [0.05, 0.1) is 23.4 Å². The Balaban J connectivity index is 1.60. The van der Waals surface area contributed by atoms with Crippen molar-refractivity contribution in [3.8, 4) is 5.75 Å². The van der Waals surface area contributed by atoms with Crippen molar-refractivity contribution in [2.75, 3.05) is 13.1 Å². The number of benzene rings is 1. The summed E-state index contributed by atoms with van der Waals surface area (Å²) in [6, 6.07) is 4.72. The van der Waals surface area contributed by atoms with Crippen LogP contribution in [-0.4, -0.2) is 57.9 Å². The number of fused-ring (bicyclic) bond motifs is 1. The van der Waals surface area contributed by atoms with Crippen molar-refractivity contribution in [3.05, 3.63) is 58.6 Å². The molecule has 1 unspecified atom stereocenters. The van der Waals surface area contributed by atoms with Crippen molar-refractivity contribution in [3.63, 3.8) is 0 Å². The molecule has 190 valence electrons. The maximum Gasteiger partial charge on any atom is 0.419 e. The average Bonchev–Trinajstić information content (AvgIpc) is 3.47. The summed E-state index contributed by atoms with van der Waals surface area (Å²) in [5, 5.41) is 17.9. The van der Waals surface area contributed by atoms with Gasteiger partial charge in [0.1, 0.15) is 17.1 Å². The van der Waals surface area contributed by atoms with Crippen LogP contribution in [0.4, 0.5) is 13.2 Å². The Labute approximate surface area is 202 Å². The molecule has 2 amide bonds. The molecule has 12 heteroatoms. The summed E-state index contributed by atoms with van der Waals surface area (Å²) in [4.78, 5) is 28.5. The smallest absolute Gasteiger partial charge is 0.419 e. The van der Waals surface area contributed by atoms with Crippen LogP contribution in [0.3, 0.4) is 0 Å². The van der Waals surface area contributed by atoms with E-state index in [0.717, 1.165) is 11.1 Å². The number of ether oxygens (including phenoxy) is 1. The van der Waals surface area contributed by atoms with E-state index in [-0.39, 0.29) is 23.4 Å². The van der Waals surface area contributed by atoms with Gasteiger partial charge in [-0.1, -0.05) is 0 Å². The number of H-pyrrole nitrogens is 1. The highest BCUT2D eigenvalue weighted by atomic mass is 19.4. The lowest BCUT2D eigenvalue weighted by Gasteiger charge is -2.25. The molecule has 9 nitrogen and oxygen atoms in total. The van der Waals surface area contributed by atoms with Crippen molar-refractivity contribution < 1.29 is 37.0 Å². The number of β-amino-alcohol motifs (C(OH)–C–C–N with tert-alkyl or cyclic N) is 1. The van der Waals surface area contributed by atoms with Gasteiger partial charge in [0.2, 0.25) is 0 Å². The Morgan fingerprint density at radius 1 is 1.33 bits per heavy atom. The summed E-state index contributed by atoms with van der Waals surface area (Å²) in [5.41, 5.74) is 3.92. The van der Waals surface area contributed by atoms with E-state index in [1.165, 1.54) is 12.3 Å². The Bertz CT molecular complexity index is 1400. The van der Waals surface area contributed by atoms with E-state index in [0.29, 0.717) is 33.7 Å². The molecule has 5 N–H and O–H groups in total. The molecule has 0 saturated carbocycles. The van der Waals surface area contributed by atoms with Crippen LogP contribution in [0.5, 0.6) is 5.75 Å². The molecule has 1 aliphatic rings. The minimum Gasteiger partial charge on any atom is -0.460 e. The summed E-state index contributed by atoms with van der Waals surface area (Å²) in [5.74, 6) is -0.483. The highest BCUT2D eigenvalue weighted by Crippen LogP contribution is 2.38. The van der Waals surface area contributed by atoms with Crippen LogP contribution in [0.25, 0.3) is 16.7 Å². The van der Waals surface area contributed by atoms with E-state index in [1.54, 1.807) is 32.0 Å². The third-order valence-electron chi connectivity index (χ3n) is 6.23. The highest BCUT2D eigenvalue weighted by Gasteiger charge is 2.57. The van der Waals surface area contributed by atoms with E-state index >= 15 is 0 Å². The van der Waals surface area contributed by atoms with Gasteiger partial charge in [0, 0.05) is 42.9 Å². The van der Waals surface area contributed by atoms with Crippen molar-refractivity contribution in [1.82, 2.24) is 9.88 Å². The molecule has 36 heavy (non-hydrogen) atoms. The molecule has 3 heterocycles. The number of primary amides is 1. The van der Waals surface area contributed by atoms with Gasteiger partial charge in [-0.3, -0.25) is 9.59 Å². The number of nitrogens with one attached hydrogen (secondary N) is 2. The SMILES string of the molecule is Cc1oc2cc(O/C(=C/C=N)c3[nH]cc(C(=O)N4CCC(O)(C(F)(F)F)C4)c3C)ccc2c1C(N)=O. The minimum atomic E-state index is -4.85. The van der Waals surface area contributed by atoms with Crippen molar-refractivity contribution >= 4 is 34.8 Å². The fourth-order valence-corrected chi connectivity index (χ4v) is 4.28. The number of aryl methyl sites for hydroxylation is 1. The largest absolute Gasteiger partial charge is 0.460 e.